The third-order valence-corrected chi connectivity index (χ3v) is 4.93. The molecule has 1 aromatic carbocycles. The first-order valence-electron chi connectivity index (χ1n) is 6.89. The van der Waals surface area contributed by atoms with Crippen molar-refractivity contribution in [2.75, 3.05) is 0 Å². The first kappa shape index (κ1) is 15.3. The third-order valence-electron chi connectivity index (χ3n) is 3.42. The number of hydrogen-bond donors (Lipinski definition) is 0. The molecule has 24 heavy (non-hydrogen) atoms. The number of rotatable bonds is 2. The van der Waals surface area contributed by atoms with Crippen LogP contribution in [0.2, 0.25) is 10.3 Å². The summed E-state index contributed by atoms with van der Waals surface area (Å²) in [6.07, 6.45) is 3.08. The Kier molecular flexibility index (Phi) is 3.80. The fourth-order valence-electron chi connectivity index (χ4n) is 2.41. The molecule has 0 unspecified atom stereocenters. The van der Waals surface area contributed by atoms with Gasteiger partial charge in [-0.25, -0.2) is 15.0 Å². The number of thiazole rings is 1. The predicted molar refractivity (Wildman–Crippen MR) is 95.8 cm³/mol. The summed E-state index contributed by atoms with van der Waals surface area (Å²) in [5.41, 5.74) is 2.02. The Balaban J connectivity index is 2.10. The van der Waals surface area contributed by atoms with E-state index in [2.05, 4.69) is 15.0 Å². The number of fused-ring (bicyclic) bond motifs is 1. The maximum absolute atomic E-state index is 12.4. The maximum Gasteiger partial charge on any atom is 0.258 e. The summed E-state index contributed by atoms with van der Waals surface area (Å²) in [4.78, 5) is 26.2. The SMILES string of the molecule is O=c1ccnc2sc(-c3ccnc(Cl)n3)c(-c3ccc(Cl)cc3)n12. The molecule has 0 spiro atoms. The van der Waals surface area contributed by atoms with Gasteiger partial charge in [-0.15, -0.1) is 0 Å². The van der Waals surface area contributed by atoms with Crippen molar-refractivity contribution in [1.82, 2.24) is 19.4 Å². The number of aromatic nitrogens is 4. The van der Waals surface area contributed by atoms with Gasteiger partial charge in [-0.2, -0.15) is 0 Å². The molecule has 0 bridgehead atoms. The highest BCUT2D eigenvalue weighted by Crippen LogP contribution is 2.37. The highest BCUT2D eigenvalue weighted by molar-refractivity contribution is 7.20. The summed E-state index contributed by atoms with van der Waals surface area (Å²) in [6, 6.07) is 10.4. The Bertz CT molecular complexity index is 1110. The van der Waals surface area contributed by atoms with Crippen LogP contribution < -0.4 is 5.56 Å². The van der Waals surface area contributed by atoms with Gasteiger partial charge in [0.25, 0.3) is 5.56 Å². The van der Waals surface area contributed by atoms with Crippen LogP contribution in [-0.2, 0) is 0 Å². The lowest BCUT2D eigenvalue weighted by Gasteiger charge is -2.05. The molecule has 0 atom stereocenters. The van der Waals surface area contributed by atoms with Crippen LogP contribution in [0.4, 0.5) is 0 Å². The summed E-state index contributed by atoms with van der Waals surface area (Å²) in [5, 5.41) is 0.766. The van der Waals surface area contributed by atoms with E-state index in [1.165, 1.54) is 23.6 Å². The Morgan fingerprint density at radius 2 is 1.71 bits per heavy atom. The van der Waals surface area contributed by atoms with E-state index in [0.29, 0.717) is 21.4 Å². The van der Waals surface area contributed by atoms with E-state index < -0.39 is 0 Å². The summed E-state index contributed by atoms with van der Waals surface area (Å²) in [7, 11) is 0. The van der Waals surface area contributed by atoms with Crippen LogP contribution in [0.1, 0.15) is 0 Å². The van der Waals surface area contributed by atoms with Crippen LogP contribution in [-0.4, -0.2) is 19.4 Å². The summed E-state index contributed by atoms with van der Waals surface area (Å²) >= 11 is 13.3. The molecule has 0 N–H and O–H groups in total. The molecule has 0 aliphatic carbocycles. The van der Waals surface area contributed by atoms with E-state index in [1.807, 2.05) is 12.1 Å². The lowest BCUT2D eigenvalue weighted by Crippen LogP contribution is -2.12. The maximum atomic E-state index is 12.4. The van der Waals surface area contributed by atoms with Crippen molar-refractivity contribution in [3.63, 3.8) is 0 Å². The molecule has 0 saturated carbocycles. The smallest absolute Gasteiger partial charge is 0.258 e. The van der Waals surface area contributed by atoms with Crippen molar-refractivity contribution in [2.24, 2.45) is 0 Å². The van der Waals surface area contributed by atoms with Crippen molar-refractivity contribution in [3.8, 4) is 21.8 Å². The zero-order valence-electron chi connectivity index (χ0n) is 12.0. The molecular weight excluding hydrogens is 367 g/mol. The molecule has 0 amide bonds. The van der Waals surface area contributed by atoms with Gasteiger partial charge >= 0.3 is 0 Å². The van der Waals surface area contributed by atoms with Crippen molar-refractivity contribution in [2.45, 2.75) is 0 Å². The second-order valence-electron chi connectivity index (χ2n) is 4.90. The van der Waals surface area contributed by atoms with Gasteiger partial charge in [0.1, 0.15) is 0 Å². The summed E-state index contributed by atoms with van der Waals surface area (Å²) in [6.45, 7) is 0. The first-order chi connectivity index (χ1) is 11.6. The minimum Gasteiger partial charge on any atom is -0.269 e. The quantitative estimate of drug-likeness (QED) is 0.493. The molecule has 0 aliphatic heterocycles. The molecule has 3 heterocycles. The zero-order chi connectivity index (χ0) is 16.7. The second-order valence-corrected chi connectivity index (χ2v) is 6.65. The van der Waals surface area contributed by atoms with Crippen LogP contribution in [0.15, 0.2) is 53.6 Å². The molecule has 3 aromatic heterocycles. The minimum atomic E-state index is -0.160. The molecule has 5 nitrogen and oxygen atoms in total. The summed E-state index contributed by atoms with van der Waals surface area (Å²) < 4.78 is 1.57. The van der Waals surface area contributed by atoms with E-state index in [4.69, 9.17) is 23.2 Å². The third kappa shape index (κ3) is 2.58. The van der Waals surface area contributed by atoms with Crippen LogP contribution in [0, 0.1) is 0 Å². The fourth-order valence-corrected chi connectivity index (χ4v) is 3.78. The Morgan fingerprint density at radius 3 is 2.46 bits per heavy atom. The van der Waals surface area contributed by atoms with Crippen LogP contribution >= 0.6 is 34.5 Å². The lowest BCUT2D eigenvalue weighted by atomic mass is 10.1. The highest BCUT2D eigenvalue weighted by Gasteiger charge is 2.18. The monoisotopic (exact) mass is 374 g/mol. The van der Waals surface area contributed by atoms with Gasteiger partial charge in [0.15, 0.2) is 4.96 Å². The minimum absolute atomic E-state index is 0.146. The van der Waals surface area contributed by atoms with Crippen LogP contribution in [0.5, 0.6) is 0 Å². The molecular formula is C16H8Cl2N4OS. The number of benzene rings is 1. The normalized spacial score (nSPS) is 11.1. The molecule has 0 fully saturated rings. The van der Waals surface area contributed by atoms with Gasteiger partial charge in [0.2, 0.25) is 5.28 Å². The number of halogens is 2. The standard InChI is InChI=1S/C16H8Cl2N4OS/c17-10-3-1-9(2-4-10)13-14(11-5-7-19-15(18)21-11)24-16-20-8-6-12(23)22(13)16/h1-8H. The van der Waals surface area contributed by atoms with Gasteiger partial charge in [-0.05, 0) is 29.8 Å². The van der Waals surface area contributed by atoms with Crippen molar-refractivity contribution < 1.29 is 0 Å². The Labute approximate surface area is 150 Å². The number of nitrogens with zero attached hydrogens (tertiary/aromatic N) is 4. The topological polar surface area (TPSA) is 60.2 Å². The lowest BCUT2D eigenvalue weighted by molar-refractivity contribution is 1.08. The predicted octanol–water partition coefficient (Wildman–Crippen LogP) is 4.19. The zero-order valence-corrected chi connectivity index (χ0v) is 14.3. The van der Waals surface area contributed by atoms with E-state index >= 15 is 0 Å². The van der Waals surface area contributed by atoms with E-state index in [0.717, 1.165) is 10.4 Å². The molecule has 0 radical (unpaired) electrons. The van der Waals surface area contributed by atoms with Crippen molar-refractivity contribution in [3.05, 3.63) is 69.5 Å². The van der Waals surface area contributed by atoms with E-state index in [9.17, 15) is 4.79 Å². The highest BCUT2D eigenvalue weighted by atomic mass is 35.5. The van der Waals surface area contributed by atoms with Gasteiger partial charge < -0.3 is 0 Å². The van der Waals surface area contributed by atoms with Gasteiger partial charge in [-0.3, -0.25) is 9.20 Å². The van der Waals surface area contributed by atoms with Gasteiger partial charge in [0, 0.05) is 29.0 Å². The molecule has 118 valence electrons. The van der Waals surface area contributed by atoms with Gasteiger partial charge in [-0.1, -0.05) is 35.1 Å². The van der Waals surface area contributed by atoms with Crippen LogP contribution in [0.3, 0.4) is 0 Å². The first-order valence-corrected chi connectivity index (χ1v) is 8.46. The average Bonchev–Trinajstić information content (AvgIpc) is 2.96. The Morgan fingerprint density at radius 1 is 0.958 bits per heavy atom. The van der Waals surface area contributed by atoms with Crippen molar-refractivity contribution >= 4 is 39.5 Å². The molecule has 4 aromatic rings. The second kappa shape index (κ2) is 5.98. The summed E-state index contributed by atoms with van der Waals surface area (Å²) in [5.74, 6) is 0. The number of hydrogen-bond acceptors (Lipinski definition) is 5. The molecule has 0 aliphatic rings. The van der Waals surface area contributed by atoms with E-state index in [1.54, 1.807) is 28.8 Å². The molecule has 4 rings (SSSR count). The molecule has 8 heteroatoms. The van der Waals surface area contributed by atoms with Crippen molar-refractivity contribution in [1.29, 1.82) is 0 Å². The van der Waals surface area contributed by atoms with Crippen LogP contribution in [0.25, 0.3) is 26.8 Å². The van der Waals surface area contributed by atoms with Gasteiger partial charge in [0.05, 0.1) is 16.3 Å². The fraction of sp³-hybridized carbons (Fsp3) is 0. The largest absolute Gasteiger partial charge is 0.269 e. The molecule has 0 saturated heterocycles. The Hall–Kier alpha value is -2.28. The average molecular weight is 375 g/mol. The van der Waals surface area contributed by atoms with E-state index in [-0.39, 0.29) is 10.8 Å².